The fourth-order valence-electron chi connectivity index (χ4n) is 1.66. The highest BCUT2D eigenvalue weighted by Gasteiger charge is 2.18. The maximum absolute atomic E-state index is 5.40. The van der Waals surface area contributed by atoms with Gasteiger partial charge in [-0.15, -0.1) is 5.10 Å². The molecule has 0 unspecified atom stereocenters. The summed E-state index contributed by atoms with van der Waals surface area (Å²) in [6.07, 6.45) is 5.02. The van der Waals surface area contributed by atoms with Crippen molar-refractivity contribution in [3.8, 4) is 0 Å². The van der Waals surface area contributed by atoms with E-state index < -0.39 is 0 Å². The molecule has 0 bridgehead atoms. The van der Waals surface area contributed by atoms with Crippen molar-refractivity contribution in [2.45, 2.75) is 53.0 Å². The number of aromatic nitrogens is 2. The standard InChI is InChI=1S/C12H24N4O/c1-4-5-6-7-12(2,3)9-14-11-16-15-10(8-13)17-11/h4-9,13H2,1-3H3,(H,14,16). The highest BCUT2D eigenvalue weighted by Crippen LogP contribution is 2.24. The van der Waals surface area contributed by atoms with Crippen LogP contribution in [0.25, 0.3) is 0 Å². The van der Waals surface area contributed by atoms with E-state index in [0.29, 0.717) is 11.9 Å². The molecule has 0 aliphatic rings. The first-order valence-electron chi connectivity index (χ1n) is 6.34. The average molecular weight is 240 g/mol. The lowest BCUT2D eigenvalue weighted by molar-refractivity contribution is 0.338. The maximum Gasteiger partial charge on any atom is 0.315 e. The predicted molar refractivity (Wildman–Crippen MR) is 68.6 cm³/mol. The van der Waals surface area contributed by atoms with Crippen LogP contribution in [0.5, 0.6) is 0 Å². The minimum atomic E-state index is 0.243. The van der Waals surface area contributed by atoms with E-state index in [9.17, 15) is 0 Å². The van der Waals surface area contributed by atoms with Crippen molar-refractivity contribution in [3.63, 3.8) is 0 Å². The highest BCUT2D eigenvalue weighted by atomic mass is 16.4. The minimum absolute atomic E-state index is 0.243. The molecule has 0 fully saturated rings. The molecule has 98 valence electrons. The van der Waals surface area contributed by atoms with Crippen molar-refractivity contribution in [1.82, 2.24) is 10.2 Å². The van der Waals surface area contributed by atoms with Crippen molar-refractivity contribution < 1.29 is 4.42 Å². The fourth-order valence-corrected chi connectivity index (χ4v) is 1.66. The van der Waals surface area contributed by atoms with Gasteiger partial charge in [-0.2, -0.15) is 0 Å². The molecule has 0 radical (unpaired) electrons. The van der Waals surface area contributed by atoms with Crippen LogP contribution in [0.15, 0.2) is 4.42 Å². The van der Waals surface area contributed by atoms with Crippen LogP contribution in [0.3, 0.4) is 0 Å². The third-order valence-corrected chi connectivity index (χ3v) is 2.82. The van der Waals surface area contributed by atoms with Crippen molar-refractivity contribution in [2.75, 3.05) is 11.9 Å². The zero-order valence-corrected chi connectivity index (χ0v) is 11.1. The number of rotatable bonds is 8. The summed E-state index contributed by atoms with van der Waals surface area (Å²) < 4.78 is 5.30. The van der Waals surface area contributed by atoms with Crippen LogP contribution < -0.4 is 11.1 Å². The van der Waals surface area contributed by atoms with Crippen LogP contribution in [0.4, 0.5) is 6.01 Å². The molecule has 3 N–H and O–H groups in total. The van der Waals surface area contributed by atoms with Crippen molar-refractivity contribution >= 4 is 6.01 Å². The zero-order valence-electron chi connectivity index (χ0n) is 11.1. The average Bonchev–Trinajstić information content (AvgIpc) is 2.75. The Bertz CT molecular complexity index is 322. The topological polar surface area (TPSA) is 77.0 Å². The molecule has 0 amide bonds. The third-order valence-electron chi connectivity index (χ3n) is 2.82. The minimum Gasteiger partial charge on any atom is -0.407 e. The zero-order chi connectivity index (χ0) is 12.7. The lowest BCUT2D eigenvalue weighted by atomic mass is 9.87. The predicted octanol–water partition coefficient (Wildman–Crippen LogP) is 2.55. The van der Waals surface area contributed by atoms with Gasteiger partial charge >= 0.3 is 6.01 Å². The molecule has 1 aromatic rings. The molecule has 5 heteroatoms. The second-order valence-electron chi connectivity index (χ2n) is 5.18. The third kappa shape index (κ3) is 5.17. The Hall–Kier alpha value is -1.10. The molecule has 0 saturated heterocycles. The van der Waals surface area contributed by atoms with Crippen LogP contribution in [0.1, 0.15) is 52.3 Å². The molecule has 1 heterocycles. The maximum atomic E-state index is 5.40. The number of hydrogen-bond donors (Lipinski definition) is 2. The Kier molecular flexibility index (Phi) is 5.41. The van der Waals surface area contributed by atoms with Crippen molar-refractivity contribution in [3.05, 3.63) is 5.89 Å². The van der Waals surface area contributed by atoms with Gasteiger partial charge in [0.2, 0.25) is 5.89 Å². The van der Waals surface area contributed by atoms with E-state index in [0.717, 1.165) is 6.54 Å². The number of nitrogens with zero attached hydrogens (tertiary/aromatic N) is 2. The van der Waals surface area contributed by atoms with Gasteiger partial charge in [0.15, 0.2) is 0 Å². The van der Waals surface area contributed by atoms with Gasteiger partial charge in [-0.3, -0.25) is 0 Å². The molecule has 1 aromatic heterocycles. The lowest BCUT2D eigenvalue weighted by Crippen LogP contribution is -2.23. The van der Waals surface area contributed by atoms with Crippen LogP contribution in [-0.4, -0.2) is 16.7 Å². The molecule has 0 aliphatic heterocycles. The van der Waals surface area contributed by atoms with Gasteiger partial charge in [0.1, 0.15) is 0 Å². The number of nitrogens with two attached hydrogens (primary N) is 1. The van der Waals surface area contributed by atoms with E-state index in [1.165, 1.54) is 25.7 Å². The van der Waals surface area contributed by atoms with Gasteiger partial charge < -0.3 is 15.5 Å². The van der Waals surface area contributed by atoms with Gasteiger partial charge in [-0.1, -0.05) is 45.1 Å². The van der Waals surface area contributed by atoms with Crippen LogP contribution in [0.2, 0.25) is 0 Å². The summed E-state index contributed by atoms with van der Waals surface area (Å²) in [7, 11) is 0. The second-order valence-corrected chi connectivity index (χ2v) is 5.18. The van der Waals surface area contributed by atoms with E-state index in [-0.39, 0.29) is 12.0 Å². The van der Waals surface area contributed by atoms with E-state index in [2.05, 4.69) is 36.3 Å². The van der Waals surface area contributed by atoms with Crippen molar-refractivity contribution in [1.29, 1.82) is 0 Å². The SMILES string of the molecule is CCCCCC(C)(C)CNc1nnc(CN)o1. The number of unbranched alkanes of at least 4 members (excludes halogenated alkanes) is 2. The number of hydrogen-bond acceptors (Lipinski definition) is 5. The normalized spacial score (nSPS) is 11.8. The van der Waals surface area contributed by atoms with E-state index in [1.54, 1.807) is 0 Å². The summed E-state index contributed by atoms with van der Waals surface area (Å²) in [6, 6.07) is 0.467. The molecule has 0 spiro atoms. The monoisotopic (exact) mass is 240 g/mol. The molecule has 0 aromatic carbocycles. The summed E-state index contributed by atoms with van der Waals surface area (Å²) in [5.74, 6) is 0.469. The van der Waals surface area contributed by atoms with Crippen LogP contribution in [0, 0.1) is 5.41 Å². The molecule has 17 heavy (non-hydrogen) atoms. The number of nitrogens with one attached hydrogen (secondary N) is 1. The lowest BCUT2D eigenvalue weighted by Gasteiger charge is -2.24. The first-order chi connectivity index (χ1) is 8.07. The first kappa shape index (κ1) is 14.0. The quantitative estimate of drug-likeness (QED) is 0.683. The summed E-state index contributed by atoms with van der Waals surface area (Å²) in [5.41, 5.74) is 5.64. The summed E-state index contributed by atoms with van der Waals surface area (Å²) in [6.45, 7) is 7.83. The Labute approximate surface area is 103 Å². The summed E-state index contributed by atoms with van der Waals surface area (Å²) in [5, 5.41) is 10.9. The Balaban J connectivity index is 2.32. The smallest absolute Gasteiger partial charge is 0.315 e. The summed E-state index contributed by atoms with van der Waals surface area (Å²) >= 11 is 0. The Morgan fingerprint density at radius 1 is 1.29 bits per heavy atom. The molecule has 5 nitrogen and oxygen atoms in total. The molecular formula is C12H24N4O. The highest BCUT2D eigenvalue weighted by molar-refractivity contribution is 5.17. The van der Waals surface area contributed by atoms with E-state index >= 15 is 0 Å². The van der Waals surface area contributed by atoms with Crippen LogP contribution in [-0.2, 0) is 6.54 Å². The van der Waals surface area contributed by atoms with Gasteiger partial charge in [0, 0.05) is 6.54 Å². The van der Waals surface area contributed by atoms with Gasteiger partial charge in [-0.05, 0) is 11.8 Å². The Morgan fingerprint density at radius 2 is 2.06 bits per heavy atom. The van der Waals surface area contributed by atoms with Gasteiger partial charge in [-0.25, -0.2) is 0 Å². The second kappa shape index (κ2) is 6.59. The van der Waals surface area contributed by atoms with Crippen LogP contribution >= 0.6 is 0 Å². The molecule has 0 aliphatic carbocycles. The Morgan fingerprint density at radius 3 is 2.65 bits per heavy atom. The van der Waals surface area contributed by atoms with Gasteiger partial charge in [0.25, 0.3) is 0 Å². The van der Waals surface area contributed by atoms with E-state index in [1.807, 2.05) is 0 Å². The fraction of sp³-hybridized carbons (Fsp3) is 0.833. The molecular weight excluding hydrogens is 216 g/mol. The van der Waals surface area contributed by atoms with Crippen molar-refractivity contribution in [2.24, 2.45) is 11.1 Å². The first-order valence-corrected chi connectivity index (χ1v) is 6.34. The molecule has 0 saturated carbocycles. The van der Waals surface area contributed by atoms with Gasteiger partial charge in [0.05, 0.1) is 6.54 Å². The largest absolute Gasteiger partial charge is 0.407 e. The molecule has 0 atom stereocenters. The molecule has 1 rings (SSSR count). The summed E-state index contributed by atoms with van der Waals surface area (Å²) in [4.78, 5) is 0. The number of anilines is 1. The van der Waals surface area contributed by atoms with E-state index in [4.69, 9.17) is 10.2 Å².